The summed E-state index contributed by atoms with van der Waals surface area (Å²) in [5.41, 5.74) is 1.48. The minimum Gasteiger partial charge on any atom is -0.329 e. The predicted molar refractivity (Wildman–Crippen MR) is 45.9 cm³/mol. The van der Waals surface area contributed by atoms with Gasteiger partial charge in [-0.05, 0) is 12.8 Å². The van der Waals surface area contributed by atoms with Gasteiger partial charge in [0.05, 0.1) is 6.54 Å². The zero-order valence-corrected chi connectivity index (χ0v) is 7.08. The zero-order valence-electron chi connectivity index (χ0n) is 7.08. The summed E-state index contributed by atoms with van der Waals surface area (Å²) in [6.45, 7) is 3.16. The van der Waals surface area contributed by atoms with E-state index in [9.17, 15) is 0 Å². The molecule has 0 amide bonds. The SMILES string of the molecule is c1nc2n(c1C1CC1)CCNC2. The smallest absolute Gasteiger partial charge is 0.122 e. The minimum absolute atomic E-state index is 0.837. The average molecular weight is 163 g/mol. The molecule has 2 aliphatic rings. The van der Waals surface area contributed by atoms with Gasteiger partial charge in [0.2, 0.25) is 0 Å². The summed E-state index contributed by atoms with van der Waals surface area (Å²) in [6.07, 6.45) is 4.82. The van der Waals surface area contributed by atoms with Gasteiger partial charge in [-0.2, -0.15) is 0 Å². The molecule has 0 unspecified atom stereocenters. The second-order valence-corrected chi connectivity index (χ2v) is 3.70. The quantitative estimate of drug-likeness (QED) is 0.665. The van der Waals surface area contributed by atoms with E-state index in [1.807, 2.05) is 0 Å². The molecule has 1 aliphatic heterocycles. The first-order valence-electron chi connectivity index (χ1n) is 4.70. The van der Waals surface area contributed by atoms with Crippen LogP contribution in [0.5, 0.6) is 0 Å². The molecule has 12 heavy (non-hydrogen) atoms. The van der Waals surface area contributed by atoms with Crippen LogP contribution in [0.2, 0.25) is 0 Å². The Morgan fingerprint density at radius 3 is 3.25 bits per heavy atom. The normalized spacial score (nSPS) is 22.3. The van der Waals surface area contributed by atoms with E-state index >= 15 is 0 Å². The van der Waals surface area contributed by atoms with Gasteiger partial charge >= 0.3 is 0 Å². The Kier molecular flexibility index (Phi) is 1.29. The van der Waals surface area contributed by atoms with Crippen molar-refractivity contribution in [2.45, 2.75) is 31.8 Å². The number of hydrogen-bond acceptors (Lipinski definition) is 2. The highest BCUT2D eigenvalue weighted by Crippen LogP contribution is 2.40. The van der Waals surface area contributed by atoms with Gasteiger partial charge < -0.3 is 9.88 Å². The Morgan fingerprint density at radius 2 is 2.42 bits per heavy atom. The summed E-state index contributed by atoms with van der Waals surface area (Å²) in [6, 6.07) is 0. The molecule has 64 valence electrons. The average Bonchev–Trinajstić information content (AvgIpc) is 2.86. The van der Waals surface area contributed by atoms with Gasteiger partial charge in [-0.15, -0.1) is 0 Å². The molecule has 0 atom stereocenters. The van der Waals surface area contributed by atoms with Crippen molar-refractivity contribution in [1.29, 1.82) is 0 Å². The van der Waals surface area contributed by atoms with Gasteiger partial charge in [0.1, 0.15) is 5.82 Å². The Hall–Kier alpha value is -0.830. The number of hydrogen-bond donors (Lipinski definition) is 1. The Bertz CT molecular complexity index is 299. The predicted octanol–water partition coefficient (Wildman–Crippen LogP) is 0.864. The van der Waals surface area contributed by atoms with Gasteiger partial charge in [0.15, 0.2) is 0 Å². The second-order valence-electron chi connectivity index (χ2n) is 3.70. The van der Waals surface area contributed by atoms with Crippen molar-refractivity contribution in [2.75, 3.05) is 6.54 Å². The van der Waals surface area contributed by atoms with Crippen molar-refractivity contribution in [3.63, 3.8) is 0 Å². The number of rotatable bonds is 1. The molecule has 0 aromatic carbocycles. The van der Waals surface area contributed by atoms with Gasteiger partial charge in [-0.25, -0.2) is 4.98 Å². The lowest BCUT2D eigenvalue weighted by Gasteiger charge is -2.17. The van der Waals surface area contributed by atoms with Gasteiger partial charge in [0.25, 0.3) is 0 Å². The van der Waals surface area contributed by atoms with Crippen LogP contribution in [0.4, 0.5) is 0 Å². The summed E-state index contributed by atoms with van der Waals surface area (Å²) in [5.74, 6) is 2.06. The molecular formula is C9H13N3. The number of nitrogens with zero attached hydrogens (tertiary/aromatic N) is 2. The summed E-state index contributed by atoms with van der Waals surface area (Å²) < 4.78 is 2.40. The van der Waals surface area contributed by atoms with E-state index in [-0.39, 0.29) is 0 Å². The van der Waals surface area contributed by atoms with Gasteiger partial charge in [0, 0.05) is 30.9 Å². The zero-order chi connectivity index (χ0) is 7.97. The summed E-state index contributed by atoms with van der Waals surface area (Å²) >= 11 is 0. The van der Waals surface area contributed by atoms with E-state index in [2.05, 4.69) is 21.1 Å². The lowest BCUT2D eigenvalue weighted by atomic mass is 10.3. The van der Waals surface area contributed by atoms with Crippen LogP contribution in [0.1, 0.15) is 30.3 Å². The fraction of sp³-hybridized carbons (Fsp3) is 0.667. The van der Waals surface area contributed by atoms with Crippen LogP contribution in [-0.2, 0) is 13.1 Å². The van der Waals surface area contributed by atoms with E-state index in [4.69, 9.17) is 0 Å². The highest BCUT2D eigenvalue weighted by atomic mass is 15.2. The first-order chi connectivity index (χ1) is 5.95. The third-order valence-corrected chi connectivity index (χ3v) is 2.76. The molecule has 0 radical (unpaired) electrons. The fourth-order valence-corrected chi connectivity index (χ4v) is 1.92. The lowest BCUT2D eigenvalue weighted by Crippen LogP contribution is -2.29. The topological polar surface area (TPSA) is 29.9 Å². The Labute approximate surface area is 71.8 Å². The lowest BCUT2D eigenvalue weighted by molar-refractivity contribution is 0.494. The van der Waals surface area contributed by atoms with Crippen molar-refractivity contribution in [2.24, 2.45) is 0 Å². The molecular weight excluding hydrogens is 150 g/mol. The highest BCUT2D eigenvalue weighted by Gasteiger charge is 2.28. The van der Waals surface area contributed by atoms with Crippen molar-refractivity contribution in [1.82, 2.24) is 14.9 Å². The number of aromatic nitrogens is 2. The van der Waals surface area contributed by atoms with Crippen LogP contribution in [0.25, 0.3) is 0 Å². The maximum atomic E-state index is 4.42. The molecule has 1 fully saturated rings. The van der Waals surface area contributed by atoms with E-state index in [1.54, 1.807) is 0 Å². The van der Waals surface area contributed by atoms with Crippen molar-refractivity contribution >= 4 is 0 Å². The molecule has 1 aromatic heterocycles. The van der Waals surface area contributed by atoms with Crippen molar-refractivity contribution in [3.05, 3.63) is 17.7 Å². The van der Waals surface area contributed by atoms with Crippen LogP contribution in [0.3, 0.4) is 0 Å². The van der Waals surface area contributed by atoms with Crippen LogP contribution < -0.4 is 5.32 Å². The molecule has 1 aromatic rings. The largest absolute Gasteiger partial charge is 0.329 e. The Balaban J connectivity index is 2.03. The van der Waals surface area contributed by atoms with Gasteiger partial charge in [-0.1, -0.05) is 0 Å². The van der Waals surface area contributed by atoms with Crippen LogP contribution in [0, 0.1) is 0 Å². The van der Waals surface area contributed by atoms with Crippen LogP contribution >= 0.6 is 0 Å². The Morgan fingerprint density at radius 1 is 1.50 bits per heavy atom. The highest BCUT2D eigenvalue weighted by molar-refractivity contribution is 5.17. The van der Waals surface area contributed by atoms with E-state index in [0.717, 1.165) is 25.6 Å². The van der Waals surface area contributed by atoms with E-state index in [1.165, 1.54) is 24.4 Å². The van der Waals surface area contributed by atoms with Gasteiger partial charge in [-0.3, -0.25) is 0 Å². The molecule has 2 heterocycles. The fourth-order valence-electron chi connectivity index (χ4n) is 1.92. The minimum atomic E-state index is 0.837. The maximum Gasteiger partial charge on any atom is 0.122 e. The molecule has 3 rings (SSSR count). The van der Waals surface area contributed by atoms with Crippen LogP contribution in [-0.4, -0.2) is 16.1 Å². The summed E-state index contributed by atoms with van der Waals surface area (Å²) in [7, 11) is 0. The number of nitrogens with one attached hydrogen (secondary N) is 1. The third-order valence-electron chi connectivity index (χ3n) is 2.76. The monoisotopic (exact) mass is 163 g/mol. The molecule has 0 saturated heterocycles. The standard InChI is InChI=1S/C9H13N3/c1-2-7(1)8-5-11-9-6-10-3-4-12(8)9/h5,7,10H,1-4,6H2. The summed E-state index contributed by atoms with van der Waals surface area (Å²) in [5, 5.41) is 3.33. The maximum absolute atomic E-state index is 4.42. The molecule has 1 saturated carbocycles. The number of fused-ring (bicyclic) bond motifs is 1. The first-order valence-corrected chi connectivity index (χ1v) is 4.70. The first kappa shape index (κ1) is 6.66. The number of imidazole rings is 1. The summed E-state index contributed by atoms with van der Waals surface area (Å²) in [4.78, 5) is 4.42. The molecule has 1 N–H and O–H groups in total. The second kappa shape index (κ2) is 2.33. The van der Waals surface area contributed by atoms with Crippen molar-refractivity contribution < 1.29 is 0 Å². The molecule has 3 nitrogen and oxygen atoms in total. The van der Waals surface area contributed by atoms with Crippen LogP contribution in [0.15, 0.2) is 6.20 Å². The van der Waals surface area contributed by atoms with Crippen molar-refractivity contribution in [3.8, 4) is 0 Å². The van der Waals surface area contributed by atoms with E-state index < -0.39 is 0 Å². The molecule has 1 aliphatic carbocycles. The third kappa shape index (κ3) is 0.894. The molecule has 3 heteroatoms. The molecule has 0 spiro atoms. The van der Waals surface area contributed by atoms with E-state index in [0.29, 0.717) is 0 Å². The molecule has 0 bridgehead atoms.